The third-order valence-electron chi connectivity index (χ3n) is 3.03. The average Bonchev–Trinajstić information content (AvgIpc) is 2.40. The van der Waals surface area contributed by atoms with Gasteiger partial charge in [0, 0.05) is 31.6 Å². The molecule has 20 heavy (non-hydrogen) atoms. The predicted octanol–water partition coefficient (Wildman–Crippen LogP) is 6.37. The molecule has 0 aliphatic rings. The summed E-state index contributed by atoms with van der Waals surface area (Å²) in [7, 11) is 0. The van der Waals surface area contributed by atoms with Crippen LogP contribution in [0, 0.1) is 0 Å². The summed E-state index contributed by atoms with van der Waals surface area (Å²) in [5.74, 6) is 0. The van der Waals surface area contributed by atoms with Crippen LogP contribution in [0.2, 0.25) is 10.0 Å². The highest BCUT2D eigenvalue weighted by atomic mass is 79.9. The van der Waals surface area contributed by atoms with Crippen molar-refractivity contribution in [1.82, 2.24) is 5.32 Å². The Morgan fingerprint density at radius 1 is 1.05 bits per heavy atom. The van der Waals surface area contributed by atoms with Gasteiger partial charge in [-0.1, -0.05) is 35.3 Å². The fourth-order valence-electron chi connectivity index (χ4n) is 1.88. The Morgan fingerprint density at radius 3 is 2.45 bits per heavy atom. The van der Waals surface area contributed by atoms with Crippen molar-refractivity contribution in [1.29, 1.82) is 0 Å². The van der Waals surface area contributed by atoms with Gasteiger partial charge in [0.05, 0.1) is 0 Å². The van der Waals surface area contributed by atoms with E-state index in [1.807, 2.05) is 18.2 Å². The van der Waals surface area contributed by atoms with Crippen LogP contribution in [0.1, 0.15) is 24.1 Å². The zero-order valence-electron chi connectivity index (χ0n) is 10.8. The van der Waals surface area contributed by atoms with E-state index in [4.69, 9.17) is 23.2 Å². The molecule has 2 aromatic rings. The summed E-state index contributed by atoms with van der Waals surface area (Å²) in [4.78, 5) is 0. The molecule has 0 spiro atoms. The maximum absolute atomic E-state index is 6.21. The van der Waals surface area contributed by atoms with Crippen LogP contribution >= 0.6 is 55.1 Å². The summed E-state index contributed by atoms with van der Waals surface area (Å²) in [5, 5.41) is 4.80. The Hall–Kier alpha value is -0.0600. The second-order valence-electron chi connectivity index (χ2n) is 4.52. The van der Waals surface area contributed by atoms with Crippen molar-refractivity contribution in [3.63, 3.8) is 0 Å². The highest BCUT2D eigenvalue weighted by molar-refractivity contribution is 9.13. The third kappa shape index (κ3) is 4.22. The molecule has 1 nitrogen and oxygen atoms in total. The lowest BCUT2D eigenvalue weighted by Gasteiger charge is -2.16. The molecule has 0 fully saturated rings. The molecule has 0 saturated heterocycles. The van der Waals surface area contributed by atoms with Gasteiger partial charge in [-0.15, -0.1) is 0 Å². The molecule has 0 aliphatic carbocycles. The van der Waals surface area contributed by atoms with Gasteiger partial charge in [0.2, 0.25) is 0 Å². The van der Waals surface area contributed by atoms with Gasteiger partial charge in [0.15, 0.2) is 0 Å². The first-order chi connectivity index (χ1) is 9.47. The third-order valence-corrected chi connectivity index (χ3v) is 5.47. The predicted molar refractivity (Wildman–Crippen MR) is 93.6 cm³/mol. The summed E-state index contributed by atoms with van der Waals surface area (Å²) in [5.41, 5.74) is 2.25. The molecule has 5 heteroatoms. The number of hydrogen-bond donors (Lipinski definition) is 1. The lowest BCUT2D eigenvalue weighted by molar-refractivity contribution is 0.575. The molecule has 1 atom stereocenters. The number of rotatable bonds is 4. The lowest BCUT2D eigenvalue weighted by Crippen LogP contribution is -2.18. The summed E-state index contributed by atoms with van der Waals surface area (Å²) in [6, 6.07) is 11.9. The van der Waals surface area contributed by atoms with E-state index in [1.54, 1.807) is 6.07 Å². The molecule has 0 aromatic heterocycles. The average molecular weight is 438 g/mol. The van der Waals surface area contributed by atoms with Crippen molar-refractivity contribution in [3.05, 3.63) is 66.5 Å². The molecule has 0 radical (unpaired) electrons. The van der Waals surface area contributed by atoms with Crippen LogP contribution in [-0.4, -0.2) is 0 Å². The Bertz CT molecular complexity index is 617. The SMILES string of the molecule is CC(NCc1ccc(Br)c(Br)c1)c1ccc(Cl)cc1Cl. The van der Waals surface area contributed by atoms with E-state index < -0.39 is 0 Å². The zero-order valence-corrected chi connectivity index (χ0v) is 15.4. The monoisotopic (exact) mass is 435 g/mol. The molecular weight excluding hydrogens is 425 g/mol. The van der Waals surface area contributed by atoms with Gasteiger partial charge in [0.1, 0.15) is 0 Å². The minimum Gasteiger partial charge on any atom is -0.306 e. The molecule has 0 heterocycles. The molecule has 0 aliphatic heterocycles. The summed E-state index contributed by atoms with van der Waals surface area (Å²) in [6.45, 7) is 2.86. The summed E-state index contributed by atoms with van der Waals surface area (Å²) < 4.78 is 2.10. The van der Waals surface area contributed by atoms with Crippen LogP contribution in [0.15, 0.2) is 45.3 Å². The molecule has 1 unspecified atom stereocenters. The first-order valence-corrected chi connectivity index (χ1v) is 8.44. The molecule has 2 aromatic carbocycles. The Morgan fingerprint density at radius 2 is 1.80 bits per heavy atom. The van der Waals surface area contributed by atoms with Crippen molar-refractivity contribution in [2.45, 2.75) is 19.5 Å². The Kier molecular flexibility index (Phi) is 5.94. The van der Waals surface area contributed by atoms with Gasteiger partial charge in [-0.05, 0) is 74.2 Å². The van der Waals surface area contributed by atoms with Crippen LogP contribution in [0.25, 0.3) is 0 Å². The fraction of sp³-hybridized carbons (Fsp3) is 0.200. The number of nitrogens with one attached hydrogen (secondary N) is 1. The van der Waals surface area contributed by atoms with Gasteiger partial charge in [-0.2, -0.15) is 0 Å². The zero-order chi connectivity index (χ0) is 14.7. The quantitative estimate of drug-likeness (QED) is 0.586. The van der Waals surface area contributed by atoms with E-state index in [-0.39, 0.29) is 6.04 Å². The second-order valence-corrected chi connectivity index (χ2v) is 7.07. The molecule has 0 bridgehead atoms. The van der Waals surface area contributed by atoms with E-state index in [0.29, 0.717) is 10.0 Å². The van der Waals surface area contributed by atoms with Gasteiger partial charge in [-0.25, -0.2) is 0 Å². The molecule has 2 rings (SSSR count). The van der Waals surface area contributed by atoms with Crippen molar-refractivity contribution >= 4 is 55.1 Å². The van der Waals surface area contributed by atoms with E-state index in [0.717, 1.165) is 21.1 Å². The van der Waals surface area contributed by atoms with Crippen LogP contribution in [0.5, 0.6) is 0 Å². The topological polar surface area (TPSA) is 12.0 Å². The fourth-order valence-corrected chi connectivity index (χ4v) is 3.13. The van der Waals surface area contributed by atoms with E-state index in [9.17, 15) is 0 Å². The van der Waals surface area contributed by atoms with Crippen molar-refractivity contribution in [2.75, 3.05) is 0 Å². The van der Waals surface area contributed by atoms with Crippen molar-refractivity contribution < 1.29 is 0 Å². The normalized spacial score (nSPS) is 12.4. The summed E-state index contributed by atoms with van der Waals surface area (Å²) in [6.07, 6.45) is 0. The standard InChI is InChI=1S/C15H13Br2Cl2N/c1-9(12-4-3-11(18)7-15(12)19)20-8-10-2-5-13(16)14(17)6-10/h2-7,9,20H,8H2,1H3. The van der Waals surface area contributed by atoms with Crippen molar-refractivity contribution in [3.8, 4) is 0 Å². The lowest BCUT2D eigenvalue weighted by atomic mass is 10.1. The molecule has 1 N–H and O–H groups in total. The number of halogens is 4. The first-order valence-electron chi connectivity index (χ1n) is 6.09. The van der Waals surface area contributed by atoms with Gasteiger partial charge in [-0.3, -0.25) is 0 Å². The van der Waals surface area contributed by atoms with Crippen LogP contribution in [0.3, 0.4) is 0 Å². The molecule has 106 valence electrons. The molecule has 0 saturated carbocycles. The van der Waals surface area contributed by atoms with Gasteiger partial charge < -0.3 is 5.32 Å². The van der Waals surface area contributed by atoms with E-state index in [2.05, 4.69) is 56.2 Å². The minimum absolute atomic E-state index is 0.155. The number of hydrogen-bond acceptors (Lipinski definition) is 1. The van der Waals surface area contributed by atoms with Crippen LogP contribution in [-0.2, 0) is 6.54 Å². The van der Waals surface area contributed by atoms with E-state index >= 15 is 0 Å². The van der Waals surface area contributed by atoms with Gasteiger partial charge >= 0.3 is 0 Å². The van der Waals surface area contributed by atoms with Crippen molar-refractivity contribution in [2.24, 2.45) is 0 Å². The number of benzene rings is 2. The van der Waals surface area contributed by atoms with E-state index in [1.165, 1.54) is 5.56 Å². The second kappa shape index (κ2) is 7.28. The summed E-state index contributed by atoms with van der Waals surface area (Å²) >= 11 is 19.1. The smallest absolute Gasteiger partial charge is 0.0468 e. The minimum atomic E-state index is 0.155. The first kappa shape index (κ1) is 16.3. The Balaban J connectivity index is 2.04. The maximum atomic E-state index is 6.21. The molecule has 0 amide bonds. The largest absolute Gasteiger partial charge is 0.306 e. The Labute approximate surface area is 145 Å². The van der Waals surface area contributed by atoms with Gasteiger partial charge in [0.25, 0.3) is 0 Å². The highest BCUT2D eigenvalue weighted by Gasteiger charge is 2.10. The maximum Gasteiger partial charge on any atom is 0.0468 e. The highest BCUT2D eigenvalue weighted by Crippen LogP contribution is 2.27. The molecular formula is C15H13Br2Cl2N. The van der Waals surface area contributed by atoms with Crippen LogP contribution in [0.4, 0.5) is 0 Å². The van der Waals surface area contributed by atoms with Crippen LogP contribution < -0.4 is 5.32 Å².